The third-order valence-corrected chi connectivity index (χ3v) is 4.73. The maximum Gasteiger partial charge on any atom is 0.284 e. The molecule has 0 saturated carbocycles. The number of benzene rings is 2. The van der Waals surface area contributed by atoms with Gasteiger partial charge in [0.05, 0.1) is 18.1 Å². The molecule has 0 fully saturated rings. The second-order valence-electron chi connectivity index (χ2n) is 6.24. The molecule has 0 radical (unpaired) electrons. The van der Waals surface area contributed by atoms with Crippen molar-refractivity contribution in [2.45, 2.75) is 24.4 Å². The molecule has 2 aromatic rings. The van der Waals surface area contributed by atoms with Crippen molar-refractivity contribution in [2.24, 2.45) is 0 Å². The lowest BCUT2D eigenvalue weighted by molar-refractivity contribution is -0.169. The molecule has 1 N–H and O–H groups in total. The minimum atomic E-state index is -3.42. The van der Waals surface area contributed by atoms with Crippen molar-refractivity contribution in [3.63, 3.8) is 0 Å². The van der Waals surface area contributed by atoms with E-state index >= 15 is 0 Å². The van der Waals surface area contributed by atoms with Crippen molar-refractivity contribution >= 4 is 5.78 Å². The second-order valence-corrected chi connectivity index (χ2v) is 6.24. The number of hydrogen-bond acceptors (Lipinski definition) is 3. The summed E-state index contributed by atoms with van der Waals surface area (Å²) >= 11 is 0. The number of Topliss-reactive ketones (excluding diaryl/α,β-unsaturated/α-hetero) is 1. The average molecular weight is 329 g/mol. The second kappa shape index (κ2) is 4.46. The van der Waals surface area contributed by atoms with Gasteiger partial charge in [-0.2, -0.15) is 5.26 Å². The summed E-state index contributed by atoms with van der Waals surface area (Å²) in [5, 5.41) is 19.3. The lowest BCUT2D eigenvalue weighted by Gasteiger charge is -2.25. The van der Waals surface area contributed by atoms with Crippen LogP contribution in [0.15, 0.2) is 30.3 Å². The van der Waals surface area contributed by atoms with E-state index in [1.165, 1.54) is 24.3 Å². The Bertz CT molecular complexity index is 961. The van der Waals surface area contributed by atoms with Gasteiger partial charge in [0.25, 0.3) is 5.92 Å². The molecule has 0 aromatic heterocycles. The van der Waals surface area contributed by atoms with Crippen LogP contribution in [0.25, 0.3) is 11.1 Å². The summed E-state index contributed by atoms with van der Waals surface area (Å²) in [7, 11) is 0. The van der Waals surface area contributed by atoms with E-state index in [0.717, 1.165) is 6.07 Å². The van der Waals surface area contributed by atoms with Gasteiger partial charge >= 0.3 is 0 Å². The third-order valence-electron chi connectivity index (χ3n) is 4.73. The number of ketones is 1. The van der Waals surface area contributed by atoms with Crippen LogP contribution in [0.3, 0.4) is 0 Å². The molecule has 4 rings (SSSR count). The van der Waals surface area contributed by atoms with Crippen molar-refractivity contribution in [1.29, 1.82) is 5.26 Å². The lowest BCUT2D eigenvalue weighted by Crippen LogP contribution is -2.40. The average Bonchev–Trinajstić information content (AvgIpc) is 2.89. The van der Waals surface area contributed by atoms with E-state index in [1.807, 2.05) is 6.07 Å². The summed E-state index contributed by atoms with van der Waals surface area (Å²) in [5.74, 6) is -4.62. The van der Waals surface area contributed by atoms with Gasteiger partial charge in [0.2, 0.25) is 0 Å². The zero-order chi connectivity index (χ0) is 17.3. The Kier molecular flexibility index (Phi) is 2.77. The van der Waals surface area contributed by atoms with Gasteiger partial charge in [0, 0.05) is 17.5 Å². The zero-order valence-corrected chi connectivity index (χ0v) is 12.2. The number of halogens is 3. The summed E-state index contributed by atoms with van der Waals surface area (Å²) in [6, 6.07) is 8.31. The van der Waals surface area contributed by atoms with E-state index in [-0.39, 0.29) is 22.3 Å². The number of alkyl halides is 2. The van der Waals surface area contributed by atoms with Crippen LogP contribution in [-0.2, 0) is 12.0 Å². The van der Waals surface area contributed by atoms with Crippen LogP contribution in [0, 0.1) is 17.1 Å². The molecule has 1 atom stereocenters. The molecule has 0 bridgehead atoms. The molecule has 2 aliphatic rings. The number of aliphatic hydroxyl groups is 1. The summed E-state index contributed by atoms with van der Waals surface area (Å²) in [4.78, 5) is 12.1. The molecule has 2 aliphatic carbocycles. The number of hydrogen-bond donors (Lipinski definition) is 1. The molecule has 120 valence electrons. The Morgan fingerprint density at radius 1 is 1.08 bits per heavy atom. The van der Waals surface area contributed by atoms with E-state index in [4.69, 9.17) is 5.26 Å². The number of rotatable bonds is 1. The summed E-state index contributed by atoms with van der Waals surface area (Å²) in [6.07, 6.45) is -1.33. The van der Waals surface area contributed by atoms with Gasteiger partial charge in [-0.3, -0.25) is 4.79 Å². The highest BCUT2D eigenvalue weighted by atomic mass is 19.3. The van der Waals surface area contributed by atoms with Crippen LogP contribution in [0.1, 0.15) is 33.5 Å². The standard InChI is InChI=1S/C18H10F3NO2/c19-13-2-9(8-22)1-10(4-13)11-3-12-6-18(20,21)17(24)7-15(23)14(5-11)16(12)17/h1-5,24H,6-7H2. The Hall–Kier alpha value is -2.65. The maximum atomic E-state index is 14.2. The summed E-state index contributed by atoms with van der Waals surface area (Å²) < 4.78 is 42.1. The largest absolute Gasteiger partial charge is 0.378 e. The highest BCUT2D eigenvalue weighted by Crippen LogP contribution is 2.56. The summed E-state index contributed by atoms with van der Waals surface area (Å²) in [5.41, 5.74) is -1.45. The van der Waals surface area contributed by atoms with Crippen LogP contribution in [0.5, 0.6) is 0 Å². The smallest absolute Gasteiger partial charge is 0.284 e. The highest BCUT2D eigenvalue weighted by Gasteiger charge is 2.64. The van der Waals surface area contributed by atoms with Crippen LogP contribution in [0.2, 0.25) is 0 Å². The van der Waals surface area contributed by atoms with Crippen molar-refractivity contribution in [3.05, 3.63) is 58.4 Å². The van der Waals surface area contributed by atoms with Gasteiger partial charge < -0.3 is 5.11 Å². The van der Waals surface area contributed by atoms with Gasteiger partial charge in [0.15, 0.2) is 11.4 Å². The molecule has 24 heavy (non-hydrogen) atoms. The molecule has 6 heteroatoms. The Morgan fingerprint density at radius 3 is 2.50 bits per heavy atom. The van der Waals surface area contributed by atoms with Gasteiger partial charge in [-0.1, -0.05) is 6.07 Å². The van der Waals surface area contributed by atoms with Crippen LogP contribution in [0.4, 0.5) is 13.2 Å². The molecule has 0 amide bonds. The Morgan fingerprint density at radius 2 is 1.79 bits per heavy atom. The van der Waals surface area contributed by atoms with Crippen molar-refractivity contribution in [1.82, 2.24) is 0 Å². The van der Waals surface area contributed by atoms with Gasteiger partial charge in [-0.15, -0.1) is 0 Å². The van der Waals surface area contributed by atoms with Crippen LogP contribution < -0.4 is 0 Å². The lowest BCUT2D eigenvalue weighted by atomic mass is 9.94. The molecule has 1 unspecified atom stereocenters. The van der Waals surface area contributed by atoms with E-state index < -0.39 is 36.0 Å². The monoisotopic (exact) mass is 329 g/mol. The fourth-order valence-electron chi connectivity index (χ4n) is 3.65. The topological polar surface area (TPSA) is 61.1 Å². The molecular weight excluding hydrogens is 319 g/mol. The first-order chi connectivity index (χ1) is 11.2. The zero-order valence-electron chi connectivity index (χ0n) is 12.2. The molecule has 2 aromatic carbocycles. The minimum absolute atomic E-state index is 0.0156. The molecule has 0 spiro atoms. The molecule has 0 saturated heterocycles. The highest BCUT2D eigenvalue weighted by molar-refractivity contribution is 6.04. The minimum Gasteiger partial charge on any atom is -0.378 e. The van der Waals surface area contributed by atoms with Crippen molar-refractivity contribution in [2.75, 3.05) is 0 Å². The van der Waals surface area contributed by atoms with E-state index in [9.17, 15) is 23.1 Å². The van der Waals surface area contributed by atoms with Crippen molar-refractivity contribution < 1.29 is 23.1 Å². The number of nitrogens with zero attached hydrogens (tertiary/aromatic N) is 1. The first kappa shape index (κ1) is 14.9. The van der Waals surface area contributed by atoms with E-state index in [2.05, 4.69) is 0 Å². The normalized spacial score (nSPS) is 23.2. The number of carbonyl (C=O) groups excluding carboxylic acids is 1. The fourth-order valence-corrected chi connectivity index (χ4v) is 3.65. The van der Waals surface area contributed by atoms with E-state index in [1.54, 1.807) is 0 Å². The molecule has 0 aliphatic heterocycles. The van der Waals surface area contributed by atoms with Gasteiger partial charge in [-0.05, 0) is 41.0 Å². The SMILES string of the molecule is N#Cc1cc(F)cc(-c2cc3c4c(c2)C(=O)CC4(O)C(F)(F)C3)c1. The van der Waals surface area contributed by atoms with Gasteiger partial charge in [0.1, 0.15) is 5.82 Å². The Balaban J connectivity index is 1.96. The third kappa shape index (κ3) is 1.79. The maximum absolute atomic E-state index is 14.2. The quantitative estimate of drug-likeness (QED) is 0.873. The molecular formula is C18H10F3NO2. The van der Waals surface area contributed by atoms with Crippen LogP contribution in [-0.4, -0.2) is 16.8 Å². The van der Waals surface area contributed by atoms with Crippen LogP contribution >= 0.6 is 0 Å². The van der Waals surface area contributed by atoms with Crippen molar-refractivity contribution in [3.8, 4) is 17.2 Å². The predicted octanol–water partition coefficient (Wildman–Crippen LogP) is 3.33. The molecule has 3 nitrogen and oxygen atoms in total. The number of carbonyl (C=O) groups is 1. The first-order valence-electron chi connectivity index (χ1n) is 7.27. The summed E-state index contributed by atoms with van der Waals surface area (Å²) in [6.45, 7) is 0. The Labute approximate surface area is 135 Å². The fraction of sp³-hybridized carbons (Fsp3) is 0.222. The van der Waals surface area contributed by atoms with Gasteiger partial charge in [-0.25, -0.2) is 13.2 Å². The molecule has 0 heterocycles. The first-order valence-corrected chi connectivity index (χ1v) is 7.27. The number of nitriles is 1. The predicted molar refractivity (Wildman–Crippen MR) is 78.0 cm³/mol. The van der Waals surface area contributed by atoms with E-state index in [0.29, 0.717) is 11.1 Å².